The van der Waals surface area contributed by atoms with Crippen molar-refractivity contribution in [1.82, 2.24) is 24.0 Å². The Morgan fingerprint density at radius 3 is 2.74 bits per heavy atom. The zero-order chi connectivity index (χ0) is 21.4. The number of likely N-dealkylation sites (tertiary alicyclic amines) is 1. The highest BCUT2D eigenvalue weighted by molar-refractivity contribution is 6.31. The molecule has 1 fully saturated rings. The summed E-state index contributed by atoms with van der Waals surface area (Å²) in [6.45, 7) is 3.74. The second-order valence-electron chi connectivity index (χ2n) is 8.13. The topological polar surface area (TPSA) is 68.1 Å². The van der Waals surface area contributed by atoms with Gasteiger partial charge in [0.25, 0.3) is 6.01 Å². The van der Waals surface area contributed by atoms with Crippen molar-refractivity contribution in [2.75, 3.05) is 26.7 Å². The molecule has 31 heavy (non-hydrogen) atoms. The third kappa shape index (κ3) is 3.83. The summed E-state index contributed by atoms with van der Waals surface area (Å²) in [7, 11) is 1.67. The van der Waals surface area contributed by atoms with Crippen molar-refractivity contribution in [3.8, 4) is 6.01 Å². The van der Waals surface area contributed by atoms with Crippen molar-refractivity contribution in [2.24, 2.45) is 0 Å². The largest absolute Gasteiger partial charge is 0.468 e. The second kappa shape index (κ2) is 8.40. The monoisotopic (exact) mass is 439 g/mol. The van der Waals surface area contributed by atoms with Gasteiger partial charge in [0, 0.05) is 30.7 Å². The Bertz CT molecular complexity index is 1270. The van der Waals surface area contributed by atoms with E-state index in [1.807, 2.05) is 47.0 Å². The van der Waals surface area contributed by atoms with Gasteiger partial charge in [-0.15, -0.1) is 0 Å². The number of hydrogen-bond donors (Lipinski definition) is 1. The molecule has 0 bridgehead atoms. The van der Waals surface area contributed by atoms with Gasteiger partial charge < -0.3 is 14.6 Å². The molecule has 0 amide bonds. The summed E-state index contributed by atoms with van der Waals surface area (Å²) < 4.78 is 9.62. The minimum absolute atomic E-state index is 0.0286. The van der Waals surface area contributed by atoms with Gasteiger partial charge in [-0.05, 0) is 56.1 Å². The second-order valence-corrected chi connectivity index (χ2v) is 8.56. The van der Waals surface area contributed by atoms with Gasteiger partial charge in [-0.3, -0.25) is 9.13 Å². The van der Waals surface area contributed by atoms with Crippen LogP contribution in [0.4, 0.5) is 0 Å². The van der Waals surface area contributed by atoms with E-state index >= 15 is 0 Å². The highest BCUT2D eigenvalue weighted by Crippen LogP contribution is 2.33. The van der Waals surface area contributed by atoms with Crippen LogP contribution < -0.4 is 10.4 Å². The number of imidazole rings is 2. The minimum atomic E-state index is -0.0286. The number of piperidine rings is 1. The van der Waals surface area contributed by atoms with E-state index in [4.69, 9.17) is 16.3 Å². The van der Waals surface area contributed by atoms with Gasteiger partial charge in [-0.2, -0.15) is 4.98 Å². The number of para-hydroxylation sites is 2. The molecule has 0 saturated carbocycles. The van der Waals surface area contributed by atoms with Crippen LogP contribution in [0.1, 0.15) is 25.3 Å². The quantitative estimate of drug-likeness (QED) is 0.491. The van der Waals surface area contributed by atoms with Gasteiger partial charge in [0.2, 0.25) is 0 Å². The Morgan fingerprint density at radius 2 is 1.94 bits per heavy atom. The van der Waals surface area contributed by atoms with Crippen LogP contribution in [-0.2, 0) is 6.54 Å². The molecule has 7 nitrogen and oxygen atoms in total. The molecule has 162 valence electrons. The zero-order valence-electron chi connectivity index (χ0n) is 17.6. The highest BCUT2D eigenvalue weighted by Gasteiger charge is 2.25. The number of halogens is 1. The normalized spacial score (nSPS) is 15.8. The lowest BCUT2D eigenvalue weighted by Gasteiger charge is -2.33. The summed E-state index contributed by atoms with van der Waals surface area (Å²) >= 11 is 6.14. The maximum absolute atomic E-state index is 12.2. The first-order valence-corrected chi connectivity index (χ1v) is 11.1. The van der Waals surface area contributed by atoms with Crippen molar-refractivity contribution in [1.29, 1.82) is 0 Å². The third-order valence-corrected chi connectivity index (χ3v) is 6.50. The molecule has 0 atom stereocenters. The van der Waals surface area contributed by atoms with Gasteiger partial charge in [-0.1, -0.05) is 23.7 Å². The van der Waals surface area contributed by atoms with Gasteiger partial charge in [0.1, 0.15) is 0 Å². The van der Waals surface area contributed by atoms with E-state index in [9.17, 15) is 4.79 Å². The summed E-state index contributed by atoms with van der Waals surface area (Å²) in [5, 5.41) is 0.684. The Kier molecular flexibility index (Phi) is 5.46. The number of ether oxygens (including phenoxy) is 1. The molecule has 1 N–H and O–H groups in total. The summed E-state index contributed by atoms with van der Waals surface area (Å²) in [5.74, 6) is 0. The maximum atomic E-state index is 12.2. The van der Waals surface area contributed by atoms with Crippen LogP contribution in [0.3, 0.4) is 0 Å². The molecule has 1 aliphatic heterocycles. The van der Waals surface area contributed by atoms with Crippen LogP contribution in [0.5, 0.6) is 6.01 Å². The molecule has 0 spiro atoms. The number of rotatable bonds is 6. The number of methoxy groups -OCH3 is 1. The first kappa shape index (κ1) is 20.2. The first-order chi connectivity index (χ1) is 15.1. The fourth-order valence-electron chi connectivity index (χ4n) is 4.73. The minimum Gasteiger partial charge on any atom is -0.468 e. The highest BCUT2D eigenvalue weighted by atomic mass is 35.5. The van der Waals surface area contributed by atoms with E-state index in [0.29, 0.717) is 17.1 Å². The van der Waals surface area contributed by atoms with Crippen molar-refractivity contribution < 1.29 is 4.74 Å². The lowest BCUT2D eigenvalue weighted by atomic mass is 10.0. The van der Waals surface area contributed by atoms with E-state index in [0.717, 1.165) is 67.5 Å². The number of nitrogens with one attached hydrogen (secondary N) is 1. The Balaban J connectivity index is 1.22. The number of hydrogen-bond acceptors (Lipinski definition) is 4. The molecule has 2 aromatic heterocycles. The summed E-state index contributed by atoms with van der Waals surface area (Å²) in [5.41, 5.74) is 3.79. The molecular weight excluding hydrogens is 414 g/mol. The smallest absolute Gasteiger partial charge is 0.326 e. The van der Waals surface area contributed by atoms with Crippen molar-refractivity contribution in [3.63, 3.8) is 0 Å². The predicted molar refractivity (Wildman–Crippen MR) is 123 cm³/mol. The predicted octanol–water partition coefficient (Wildman–Crippen LogP) is 4.07. The lowest BCUT2D eigenvalue weighted by molar-refractivity contribution is 0.178. The van der Waals surface area contributed by atoms with Gasteiger partial charge in [0.15, 0.2) is 0 Å². The summed E-state index contributed by atoms with van der Waals surface area (Å²) in [4.78, 5) is 22.3. The number of aryl methyl sites for hydroxylation is 1. The van der Waals surface area contributed by atoms with Gasteiger partial charge >= 0.3 is 5.69 Å². The van der Waals surface area contributed by atoms with E-state index in [2.05, 4.69) is 19.4 Å². The van der Waals surface area contributed by atoms with Crippen LogP contribution >= 0.6 is 11.6 Å². The Labute approximate surface area is 185 Å². The molecular formula is C23H26ClN5O2. The molecule has 0 aliphatic carbocycles. The van der Waals surface area contributed by atoms with E-state index in [1.54, 1.807) is 7.11 Å². The molecule has 0 unspecified atom stereocenters. The first-order valence-electron chi connectivity index (χ1n) is 10.8. The van der Waals surface area contributed by atoms with Crippen molar-refractivity contribution in [3.05, 3.63) is 58.0 Å². The van der Waals surface area contributed by atoms with Crippen LogP contribution in [0.15, 0.2) is 47.3 Å². The summed E-state index contributed by atoms with van der Waals surface area (Å²) in [6, 6.07) is 14.7. The average molecular weight is 440 g/mol. The number of nitrogens with zero attached hydrogens (tertiary/aromatic N) is 4. The van der Waals surface area contributed by atoms with Crippen LogP contribution in [0, 0.1) is 0 Å². The van der Waals surface area contributed by atoms with Gasteiger partial charge in [0.05, 0.1) is 29.2 Å². The average Bonchev–Trinajstić information content (AvgIpc) is 3.31. The maximum Gasteiger partial charge on any atom is 0.326 e. The van der Waals surface area contributed by atoms with Crippen molar-refractivity contribution in [2.45, 2.75) is 31.8 Å². The molecule has 8 heteroatoms. The molecule has 2 aromatic carbocycles. The molecule has 5 rings (SSSR count). The SMILES string of the molecule is COc1nc2cc(Cl)ccc2n1C1CCN(CCCn2c(=O)[nH]c3ccccc32)CC1. The lowest BCUT2D eigenvalue weighted by Crippen LogP contribution is -2.36. The molecule has 1 aliphatic rings. The van der Waals surface area contributed by atoms with Crippen molar-refractivity contribution >= 4 is 33.7 Å². The van der Waals surface area contributed by atoms with Crippen LogP contribution in [0.25, 0.3) is 22.1 Å². The number of aromatic amines is 1. The Hall–Kier alpha value is -2.77. The standard InChI is InChI=1S/C23H26ClN5O2/c1-31-23-26-19-15-16(24)7-8-21(19)29(23)17-9-13-27(14-10-17)11-4-12-28-20-6-3-2-5-18(20)25-22(28)30/h2-3,5-8,15,17H,4,9-14H2,1H3,(H,25,30). The Morgan fingerprint density at radius 1 is 1.13 bits per heavy atom. The zero-order valence-corrected chi connectivity index (χ0v) is 18.3. The summed E-state index contributed by atoms with van der Waals surface area (Å²) in [6.07, 6.45) is 3.03. The fourth-order valence-corrected chi connectivity index (χ4v) is 4.90. The van der Waals surface area contributed by atoms with Crippen LogP contribution in [0.2, 0.25) is 5.02 Å². The number of benzene rings is 2. The van der Waals surface area contributed by atoms with Crippen LogP contribution in [-0.4, -0.2) is 50.7 Å². The molecule has 3 heterocycles. The van der Waals surface area contributed by atoms with E-state index < -0.39 is 0 Å². The molecule has 1 saturated heterocycles. The van der Waals surface area contributed by atoms with E-state index in [1.165, 1.54) is 0 Å². The number of H-pyrrole nitrogens is 1. The van der Waals surface area contributed by atoms with E-state index in [-0.39, 0.29) is 5.69 Å². The number of fused-ring (bicyclic) bond motifs is 2. The van der Waals surface area contributed by atoms with Gasteiger partial charge in [-0.25, -0.2) is 4.79 Å². The fraction of sp³-hybridized carbons (Fsp3) is 0.391. The number of aromatic nitrogens is 4. The molecule has 4 aromatic rings. The molecule has 0 radical (unpaired) electrons. The third-order valence-electron chi connectivity index (χ3n) is 6.26.